The van der Waals surface area contributed by atoms with Crippen LogP contribution < -0.4 is 4.74 Å². The lowest BCUT2D eigenvalue weighted by Crippen LogP contribution is -1.92. The van der Waals surface area contributed by atoms with Crippen LogP contribution in [-0.2, 0) is 6.42 Å². The van der Waals surface area contributed by atoms with Crippen molar-refractivity contribution in [2.75, 3.05) is 7.11 Å². The number of alkyl halides is 1. The third-order valence-electron chi connectivity index (χ3n) is 2.77. The van der Waals surface area contributed by atoms with E-state index in [4.69, 9.17) is 16.3 Å². The molecule has 0 aliphatic heterocycles. The molecule has 0 fully saturated rings. The average molecular weight is 346 g/mol. The molecule has 0 saturated heterocycles. The van der Waals surface area contributed by atoms with E-state index in [-0.39, 0.29) is 0 Å². The van der Waals surface area contributed by atoms with Crippen LogP contribution in [0.15, 0.2) is 35.7 Å². The van der Waals surface area contributed by atoms with Crippen LogP contribution in [0.2, 0.25) is 5.02 Å². The Morgan fingerprint density at radius 2 is 2.00 bits per heavy atom. The van der Waals surface area contributed by atoms with Gasteiger partial charge in [0.2, 0.25) is 0 Å². The molecule has 2 aromatic rings. The number of hydrogen-bond acceptors (Lipinski definition) is 2. The van der Waals surface area contributed by atoms with E-state index in [0.29, 0.717) is 4.83 Å². The Bertz CT molecular complexity index is 495. The highest BCUT2D eigenvalue weighted by Crippen LogP contribution is 2.36. The Morgan fingerprint density at radius 1 is 1.28 bits per heavy atom. The number of methoxy groups -OCH3 is 1. The lowest BCUT2D eigenvalue weighted by atomic mass is 10.1. The standard InChI is InChI=1S/C14H14BrClOS/c1-17-11-5-2-10(3-6-11)4-7-12(15)14-13(16)8-9-18-14/h2-3,5-6,8-9,12H,4,7H2,1H3. The van der Waals surface area contributed by atoms with Gasteiger partial charge in [-0.25, -0.2) is 0 Å². The van der Waals surface area contributed by atoms with Crippen LogP contribution in [0.1, 0.15) is 21.7 Å². The smallest absolute Gasteiger partial charge is 0.118 e. The minimum Gasteiger partial charge on any atom is -0.497 e. The molecule has 1 heterocycles. The van der Waals surface area contributed by atoms with E-state index < -0.39 is 0 Å². The van der Waals surface area contributed by atoms with Crippen molar-refractivity contribution in [1.29, 1.82) is 0 Å². The van der Waals surface area contributed by atoms with Crippen molar-refractivity contribution in [2.45, 2.75) is 17.7 Å². The van der Waals surface area contributed by atoms with Crippen LogP contribution in [0.5, 0.6) is 5.75 Å². The van der Waals surface area contributed by atoms with Crippen molar-refractivity contribution in [3.8, 4) is 5.75 Å². The number of thiophene rings is 1. The lowest BCUT2D eigenvalue weighted by molar-refractivity contribution is 0.414. The predicted molar refractivity (Wildman–Crippen MR) is 82.3 cm³/mol. The van der Waals surface area contributed by atoms with Gasteiger partial charge in [-0.2, -0.15) is 0 Å². The second-order valence-corrected chi connectivity index (χ2v) is 6.45. The Hall–Kier alpha value is -0.510. The van der Waals surface area contributed by atoms with E-state index in [9.17, 15) is 0 Å². The summed E-state index contributed by atoms with van der Waals surface area (Å²) in [7, 11) is 1.68. The summed E-state index contributed by atoms with van der Waals surface area (Å²) in [6, 6.07) is 10.2. The molecule has 18 heavy (non-hydrogen) atoms. The van der Waals surface area contributed by atoms with E-state index in [2.05, 4.69) is 28.1 Å². The zero-order valence-electron chi connectivity index (χ0n) is 10.0. The van der Waals surface area contributed by atoms with Gasteiger partial charge in [0.1, 0.15) is 5.75 Å². The van der Waals surface area contributed by atoms with Gasteiger partial charge >= 0.3 is 0 Å². The number of benzene rings is 1. The summed E-state index contributed by atoms with van der Waals surface area (Å²) in [6.45, 7) is 0. The fourth-order valence-corrected chi connectivity index (χ4v) is 3.88. The van der Waals surface area contributed by atoms with Crippen LogP contribution in [0.3, 0.4) is 0 Å². The SMILES string of the molecule is COc1ccc(CCC(Br)c2sccc2Cl)cc1. The highest BCUT2D eigenvalue weighted by molar-refractivity contribution is 9.09. The molecule has 1 aromatic heterocycles. The maximum atomic E-state index is 6.12. The van der Waals surface area contributed by atoms with Gasteiger partial charge in [0.15, 0.2) is 0 Å². The fourth-order valence-electron chi connectivity index (χ4n) is 1.75. The van der Waals surface area contributed by atoms with Crippen LogP contribution >= 0.6 is 38.9 Å². The molecule has 0 radical (unpaired) electrons. The van der Waals surface area contributed by atoms with E-state index in [0.717, 1.165) is 23.6 Å². The number of aryl methyl sites for hydroxylation is 1. The summed E-state index contributed by atoms with van der Waals surface area (Å²) in [5.41, 5.74) is 1.31. The largest absolute Gasteiger partial charge is 0.497 e. The van der Waals surface area contributed by atoms with Crippen LogP contribution in [0.4, 0.5) is 0 Å². The molecule has 0 amide bonds. The maximum absolute atomic E-state index is 6.12. The van der Waals surface area contributed by atoms with Gasteiger partial charge in [-0.15, -0.1) is 11.3 Å². The Kier molecular flexibility index (Phi) is 5.10. The highest BCUT2D eigenvalue weighted by Gasteiger charge is 2.12. The van der Waals surface area contributed by atoms with E-state index in [1.807, 2.05) is 23.6 Å². The first kappa shape index (κ1) is 13.9. The van der Waals surface area contributed by atoms with Crippen molar-refractivity contribution >= 4 is 38.9 Å². The van der Waals surface area contributed by atoms with E-state index in [1.165, 1.54) is 10.4 Å². The minimum atomic E-state index is 0.326. The quantitative estimate of drug-likeness (QED) is 0.652. The molecule has 1 aromatic carbocycles. The van der Waals surface area contributed by atoms with Gasteiger partial charge in [-0.3, -0.25) is 0 Å². The third-order valence-corrected chi connectivity index (χ3v) is 5.47. The summed E-state index contributed by atoms with van der Waals surface area (Å²) in [5, 5.41) is 2.89. The normalized spacial score (nSPS) is 12.4. The maximum Gasteiger partial charge on any atom is 0.118 e. The molecule has 0 bridgehead atoms. The van der Waals surface area contributed by atoms with E-state index >= 15 is 0 Å². The zero-order valence-corrected chi connectivity index (χ0v) is 13.2. The molecule has 1 nitrogen and oxygen atoms in total. The van der Waals surface area contributed by atoms with Crippen LogP contribution in [0, 0.1) is 0 Å². The van der Waals surface area contributed by atoms with Gasteiger partial charge in [0, 0.05) is 4.88 Å². The minimum absolute atomic E-state index is 0.326. The molecular formula is C14H14BrClOS. The van der Waals surface area contributed by atoms with Gasteiger partial charge in [0.05, 0.1) is 17.0 Å². The Morgan fingerprint density at radius 3 is 2.56 bits per heavy atom. The summed E-state index contributed by atoms with van der Waals surface area (Å²) >= 11 is 11.5. The second kappa shape index (κ2) is 6.60. The molecule has 0 spiro atoms. The first-order valence-electron chi connectivity index (χ1n) is 5.70. The summed E-state index contributed by atoms with van der Waals surface area (Å²) in [4.78, 5) is 1.54. The fraction of sp³-hybridized carbons (Fsp3) is 0.286. The summed E-state index contributed by atoms with van der Waals surface area (Å²) in [5.74, 6) is 0.899. The number of ether oxygens (including phenoxy) is 1. The molecule has 1 unspecified atom stereocenters. The Labute approximate surface area is 125 Å². The molecule has 96 valence electrons. The molecule has 2 rings (SSSR count). The van der Waals surface area contributed by atoms with Crippen molar-refractivity contribution in [3.05, 3.63) is 51.2 Å². The van der Waals surface area contributed by atoms with Crippen molar-refractivity contribution in [2.24, 2.45) is 0 Å². The molecule has 0 aliphatic carbocycles. The lowest BCUT2D eigenvalue weighted by Gasteiger charge is -2.09. The van der Waals surface area contributed by atoms with Crippen LogP contribution in [-0.4, -0.2) is 7.11 Å². The highest BCUT2D eigenvalue weighted by atomic mass is 79.9. The molecule has 0 N–H and O–H groups in total. The van der Waals surface area contributed by atoms with Gasteiger partial charge < -0.3 is 4.74 Å². The van der Waals surface area contributed by atoms with Gasteiger partial charge in [-0.05, 0) is 42.0 Å². The monoisotopic (exact) mass is 344 g/mol. The molecule has 1 atom stereocenters. The zero-order chi connectivity index (χ0) is 13.0. The van der Waals surface area contributed by atoms with Gasteiger partial charge in [-0.1, -0.05) is 39.7 Å². The molecule has 4 heteroatoms. The second-order valence-electron chi connectivity index (χ2n) is 3.99. The van der Waals surface area contributed by atoms with Gasteiger partial charge in [0.25, 0.3) is 0 Å². The third kappa shape index (κ3) is 3.50. The summed E-state index contributed by atoms with van der Waals surface area (Å²) in [6.07, 6.45) is 2.06. The first-order chi connectivity index (χ1) is 8.70. The van der Waals surface area contributed by atoms with Crippen molar-refractivity contribution in [1.82, 2.24) is 0 Å². The predicted octanol–water partition coefficient (Wildman–Crippen LogP) is 5.48. The molecular weight excluding hydrogens is 332 g/mol. The topological polar surface area (TPSA) is 9.23 Å². The number of hydrogen-bond donors (Lipinski definition) is 0. The number of halogens is 2. The summed E-state index contributed by atoms with van der Waals surface area (Å²) < 4.78 is 5.14. The Balaban J connectivity index is 1.93. The van der Waals surface area contributed by atoms with Crippen LogP contribution in [0.25, 0.3) is 0 Å². The molecule has 0 saturated carbocycles. The van der Waals surface area contributed by atoms with Crippen molar-refractivity contribution < 1.29 is 4.74 Å². The van der Waals surface area contributed by atoms with E-state index in [1.54, 1.807) is 18.4 Å². The first-order valence-corrected chi connectivity index (χ1v) is 7.88. The average Bonchev–Trinajstić information content (AvgIpc) is 2.83. The number of rotatable bonds is 5. The van der Waals surface area contributed by atoms with Crippen molar-refractivity contribution in [3.63, 3.8) is 0 Å². The molecule has 0 aliphatic rings.